The molecule has 0 saturated heterocycles. The smallest absolute Gasteiger partial charge is 0.261 e. The first-order valence-electron chi connectivity index (χ1n) is 7.05. The van der Waals surface area contributed by atoms with Crippen LogP contribution in [0.3, 0.4) is 0 Å². The summed E-state index contributed by atoms with van der Waals surface area (Å²) in [5, 5.41) is 1.93. The van der Waals surface area contributed by atoms with E-state index >= 15 is 0 Å². The monoisotopic (exact) mass is 311 g/mol. The number of anilines is 1. The van der Waals surface area contributed by atoms with Crippen molar-refractivity contribution in [3.63, 3.8) is 0 Å². The highest BCUT2D eigenvalue weighted by Crippen LogP contribution is 2.25. The first kappa shape index (κ1) is 14.6. The van der Waals surface area contributed by atoms with Crippen molar-refractivity contribution >= 4 is 26.5 Å². The highest BCUT2D eigenvalue weighted by atomic mass is 32.2. The Morgan fingerprint density at radius 1 is 0.773 bits per heavy atom. The third kappa shape index (κ3) is 2.70. The van der Waals surface area contributed by atoms with E-state index in [1.54, 1.807) is 12.1 Å². The van der Waals surface area contributed by atoms with Crippen LogP contribution in [0.2, 0.25) is 0 Å². The Hall–Kier alpha value is -2.33. The minimum Gasteiger partial charge on any atom is -0.279 e. The van der Waals surface area contributed by atoms with E-state index in [9.17, 15) is 8.42 Å². The number of hydrogen-bond acceptors (Lipinski definition) is 2. The largest absolute Gasteiger partial charge is 0.279 e. The fourth-order valence-electron chi connectivity index (χ4n) is 2.50. The molecule has 3 rings (SSSR count). The predicted octanol–water partition coefficient (Wildman–Crippen LogP) is 4.26. The molecule has 0 aliphatic carbocycles. The number of fused-ring (bicyclic) bond motifs is 1. The van der Waals surface area contributed by atoms with E-state index in [0.717, 1.165) is 21.9 Å². The minimum absolute atomic E-state index is 0.272. The molecule has 3 nitrogen and oxygen atoms in total. The lowest BCUT2D eigenvalue weighted by Crippen LogP contribution is -2.14. The zero-order valence-corrected chi connectivity index (χ0v) is 13.3. The molecule has 0 bridgehead atoms. The van der Waals surface area contributed by atoms with Crippen LogP contribution in [0.5, 0.6) is 0 Å². The Morgan fingerprint density at radius 2 is 1.41 bits per heavy atom. The van der Waals surface area contributed by atoms with Gasteiger partial charge in [0.2, 0.25) is 0 Å². The maximum atomic E-state index is 12.6. The number of sulfonamides is 1. The van der Waals surface area contributed by atoms with Crippen molar-refractivity contribution in [2.75, 3.05) is 4.72 Å². The van der Waals surface area contributed by atoms with Crippen LogP contribution >= 0.6 is 0 Å². The Kier molecular flexibility index (Phi) is 3.62. The minimum atomic E-state index is -3.60. The summed E-state index contributed by atoms with van der Waals surface area (Å²) in [6.07, 6.45) is 0. The first-order valence-corrected chi connectivity index (χ1v) is 8.53. The van der Waals surface area contributed by atoms with Gasteiger partial charge in [0.05, 0.1) is 10.6 Å². The van der Waals surface area contributed by atoms with Gasteiger partial charge in [-0.3, -0.25) is 4.72 Å². The van der Waals surface area contributed by atoms with Crippen molar-refractivity contribution in [3.05, 3.63) is 71.8 Å². The molecule has 0 atom stereocenters. The van der Waals surface area contributed by atoms with Gasteiger partial charge in [0, 0.05) is 0 Å². The van der Waals surface area contributed by atoms with Gasteiger partial charge in [-0.05, 0) is 47.9 Å². The van der Waals surface area contributed by atoms with E-state index in [-0.39, 0.29) is 4.90 Å². The highest BCUT2D eigenvalue weighted by Gasteiger charge is 2.16. The van der Waals surface area contributed by atoms with Gasteiger partial charge in [-0.15, -0.1) is 0 Å². The molecule has 0 spiro atoms. The molecule has 4 heteroatoms. The maximum Gasteiger partial charge on any atom is 0.261 e. The molecular formula is C18H17NO2S. The molecule has 0 unspecified atom stereocenters. The Labute approximate surface area is 130 Å². The molecule has 0 aliphatic heterocycles. The van der Waals surface area contributed by atoms with Crippen molar-refractivity contribution < 1.29 is 8.42 Å². The van der Waals surface area contributed by atoms with Crippen LogP contribution < -0.4 is 4.72 Å². The molecular weight excluding hydrogens is 294 g/mol. The third-order valence-corrected chi connectivity index (χ3v) is 5.10. The molecule has 22 heavy (non-hydrogen) atoms. The number of aryl methyl sites for hydroxylation is 2. The van der Waals surface area contributed by atoms with Gasteiger partial charge in [-0.2, -0.15) is 0 Å². The summed E-state index contributed by atoms with van der Waals surface area (Å²) in [4.78, 5) is 0.272. The van der Waals surface area contributed by atoms with Crippen molar-refractivity contribution in [1.29, 1.82) is 0 Å². The van der Waals surface area contributed by atoms with E-state index < -0.39 is 10.0 Å². The van der Waals surface area contributed by atoms with Crippen LogP contribution in [0.1, 0.15) is 11.1 Å². The number of hydrogen-bond donors (Lipinski definition) is 1. The summed E-state index contributed by atoms with van der Waals surface area (Å²) in [5.41, 5.74) is 2.46. The quantitative estimate of drug-likeness (QED) is 0.785. The first-order chi connectivity index (χ1) is 10.5. The molecule has 0 radical (unpaired) electrons. The normalized spacial score (nSPS) is 11.5. The van der Waals surface area contributed by atoms with Gasteiger partial charge in [0.1, 0.15) is 0 Å². The molecule has 0 aromatic heterocycles. The molecule has 0 amide bonds. The second-order valence-electron chi connectivity index (χ2n) is 5.38. The average Bonchev–Trinajstić information content (AvgIpc) is 2.50. The van der Waals surface area contributed by atoms with E-state index in [1.807, 2.05) is 62.4 Å². The van der Waals surface area contributed by atoms with E-state index in [0.29, 0.717) is 5.69 Å². The average molecular weight is 311 g/mol. The second-order valence-corrected chi connectivity index (χ2v) is 7.06. The zero-order valence-electron chi connectivity index (χ0n) is 12.5. The zero-order chi connectivity index (χ0) is 15.7. The molecule has 0 aliphatic rings. The van der Waals surface area contributed by atoms with Gasteiger partial charge in [0.25, 0.3) is 10.0 Å². The summed E-state index contributed by atoms with van der Waals surface area (Å²) in [5.74, 6) is 0. The number of rotatable bonds is 3. The molecule has 0 fully saturated rings. The van der Waals surface area contributed by atoms with Crippen LogP contribution in [-0.2, 0) is 10.0 Å². The van der Waals surface area contributed by atoms with E-state index in [2.05, 4.69) is 4.72 Å². The van der Waals surface area contributed by atoms with Crippen LogP contribution in [0.25, 0.3) is 10.8 Å². The number of benzene rings is 3. The molecule has 112 valence electrons. The number of nitrogens with one attached hydrogen (secondary N) is 1. The van der Waals surface area contributed by atoms with Crippen molar-refractivity contribution in [2.24, 2.45) is 0 Å². The SMILES string of the molecule is Cc1cccc(C)c1NS(=O)(=O)c1ccc2ccccc2c1. The second kappa shape index (κ2) is 5.46. The summed E-state index contributed by atoms with van der Waals surface area (Å²) in [7, 11) is -3.60. The topological polar surface area (TPSA) is 46.2 Å². The van der Waals surface area contributed by atoms with Crippen LogP contribution in [0.4, 0.5) is 5.69 Å². The highest BCUT2D eigenvalue weighted by molar-refractivity contribution is 7.92. The molecule has 3 aromatic carbocycles. The molecule has 0 heterocycles. The fraction of sp³-hybridized carbons (Fsp3) is 0.111. The van der Waals surface area contributed by atoms with Gasteiger partial charge in [0.15, 0.2) is 0 Å². The summed E-state index contributed by atoms with van der Waals surface area (Å²) < 4.78 is 28.0. The van der Waals surface area contributed by atoms with E-state index in [4.69, 9.17) is 0 Å². The van der Waals surface area contributed by atoms with Crippen molar-refractivity contribution in [1.82, 2.24) is 0 Å². The Balaban J connectivity index is 2.05. The molecule has 0 saturated carbocycles. The van der Waals surface area contributed by atoms with Crippen LogP contribution in [0, 0.1) is 13.8 Å². The lowest BCUT2D eigenvalue weighted by atomic mass is 10.1. The van der Waals surface area contributed by atoms with Gasteiger partial charge in [-0.1, -0.05) is 48.5 Å². The van der Waals surface area contributed by atoms with Gasteiger partial charge < -0.3 is 0 Å². The standard InChI is InChI=1S/C18H17NO2S/c1-13-6-5-7-14(2)18(13)19-22(20,21)17-11-10-15-8-3-4-9-16(15)12-17/h3-12,19H,1-2H3. The lowest BCUT2D eigenvalue weighted by molar-refractivity contribution is 0.601. The molecule has 3 aromatic rings. The van der Waals surface area contributed by atoms with E-state index in [1.165, 1.54) is 0 Å². The summed E-state index contributed by atoms with van der Waals surface area (Å²) in [6, 6.07) is 18.6. The van der Waals surface area contributed by atoms with Gasteiger partial charge in [-0.25, -0.2) is 8.42 Å². The predicted molar refractivity (Wildman–Crippen MR) is 90.7 cm³/mol. The third-order valence-electron chi connectivity index (χ3n) is 3.75. The number of para-hydroxylation sites is 1. The Morgan fingerprint density at radius 3 is 2.09 bits per heavy atom. The van der Waals surface area contributed by atoms with Crippen molar-refractivity contribution in [3.8, 4) is 0 Å². The summed E-state index contributed by atoms with van der Waals surface area (Å²) in [6.45, 7) is 3.79. The Bertz CT molecular complexity index is 926. The van der Waals surface area contributed by atoms with Gasteiger partial charge >= 0.3 is 0 Å². The molecule has 1 N–H and O–H groups in total. The van der Waals surface area contributed by atoms with Crippen LogP contribution in [-0.4, -0.2) is 8.42 Å². The summed E-state index contributed by atoms with van der Waals surface area (Å²) >= 11 is 0. The maximum absolute atomic E-state index is 12.6. The van der Waals surface area contributed by atoms with Crippen LogP contribution in [0.15, 0.2) is 65.6 Å². The lowest BCUT2D eigenvalue weighted by Gasteiger charge is -2.13. The van der Waals surface area contributed by atoms with Crippen molar-refractivity contribution in [2.45, 2.75) is 18.7 Å². The fourth-order valence-corrected chi connectivity index (χ4v) is 3.74.